The zero-order valence-electron chi connectivity index (χ0n) is 10.1. The van der Waals surface area contributed by atoms with Gasteiger partial charge in [-0.3, -0.25) is 9.59 Å². The number of azo groups is 1. The van der Waals surface area contributed by atoms with Gasteiger partial charge in [-0.1, -0.05) is 0 Å². The molecule has 0 aliphatic heterocycles. The minimum atomic E-state index is -0.337. The van der Waals surface area contributed by atoms with E-state index in [4.69, 9.17) is 9.47 Å². The Labute approximate surface area is 95.0 Å². The molecule has 6 heteroatoms. The average molecular weight is 230 g/mol. The van der Waals surface area contributed by atoms with E-state index in [2.05, 4.69) is 10.2 Å². The van der Waals surface area contributed by atoms with Crippen LogP contribution in [0.4, 0.5) is 0 Å². The van der Waals surface area contributed by atoms with Crippen LogP contribution in [0.3, 0.4) is 0 Å². The fourth-order valence-corrected chi connectivity index (χ4v) is 0.987. The number of ether oxygens (including phenoxy) is 2. The molecule has 2 unspecified atom stereocenters. The summed E-state index contributed by atoms with van der Waals surface area (Å²) in [6.45, 7) is 6.78. The van der Waals surface area contributed by atoms with Gasteiger partial charge >= 0.3 is 11.9 Å². The zero-order chi connectivity index (χ0) is 12.6. The van der Waals surface area contributed by atoms with Crippen molar-refractivity contribution >= 4 is 11.9 Å². The van der Waals surface area contributed by atoms with Crippen LogP contribution in [0.2, 0.25) is 0 Å². The molecule has 0 aliphatic carbocycles. The molecule has 92 valence electrons. The van der Waals surface area contributed by atoms with Crippen LogP contribution in [0.1, 0.15) is 27.7 Å². The van der Waals surface area contributed by atoms with Gasteiger partial charge in [0.25, 0.3) is 0 Å². The van der Waals surface area contributed by atoms with Gasteiger partial charge in [0.2, 0.25) is 0 Å². The highest BCUT2D eigenvalue weighted by atomic mass is 16.5. The quantitative estimate of drug-likeness (QED) is 0.509. The molecule has 0 amide bonds. The number of nitrogens with zero attached hydrogens (tertiary/aromatic N) is 2. The molecule has 0 aliphatic rings. The van der Waals surface area contributed by atoms with Crippen LogP contribution < -0.4 is 0 Å². The van der Waals surface area contributed by atoms with Crippen molar-refractivity contribution in [3.05, 3.63) is 0 Å². The van der Waals surface area contributed by atoms with E-state index < -0.39 is 0 Å². The first-order valence-corrected chi connectivity index (χ1v) is 5.09. The van der Waals surface area contributed by atoms with Crippen molar-refractivity contribution in [2.24, 2.45) is 10.2 Å². The Morgan fingerprint density at radius 2 is 1.25 bits per heavy atom. The van der Waals surface area contributed by atoms with Gasteiger partial charge < -0.3 is 9.47 Å². The summed E-state index contributed by atoms with van der Waals surface area (Å²) < 4.78 is 9.69. The summed E-state index contributed by atoms with van der Waals surface area (Å²) >= 11 is 0. The third-order valence-electron chi connectivity index (χ3n) is 1.51. The Kier molecular flexibility index (Phi) is 7.07. The summed E-state index contributed by atoms with van der Waals surface area (Å²) in [7, 11) is 0. The van der Waals surface area contributed by atoms with Crippen molar-refractivity contribution in [1.29, 1.82) is 0 Å². The molecule has 0 aromatic carbocycles. The van der Waals surface area contributed by atoms with E-state index in [0.717, 1.165) is 0 Å². The summed E-state index contributed by atoms with van der Waals surface area (Å²) in [5.74, 6) is -0.674. The molecular formula is C10H18N2O4. The highest BCUT2D eigenvalue weighted by Gasteiger charge is 2.05. The van der Waals surface area contributed by atoms with Crippen LogP contribution in [0.15, 0.2) is 10.2 Å². The lowest BCUT2D eigenvalue weighted by Gasteiger charge is -2.09. The molecule has 0 spiro atoms. The van der Waals surface area contributed by atoms with Crippen LogP contribution >= 0.6 is 0 Å². The van der Waals surface area contributed by atoms with E-state index in [1.54, 1.807) is 13.8 Å². The van der Waals surface area contributed by atoms with E-state index >= 15 is 0 Å². The predicted molar refractivity (Wildman–Crippen MR) is 57.0 cm³/mol. The smallest absolute Gasteiger partial charge is 0.302 e. The average Bonchev–Trinajstić information content (AvgIpc) is 2.10. The number of carbonyl (C=O) groups is 2. The Balaban J connectivity index is 3.68. The SMILES string of the molecule is CC(=O)OC(C)CN=NCC(C)OC(C)=O. The summed E-state index contributed by atoms with van der Waals surface area (Å²) in [4.78, 5) is 21.1. The Morgan fingerprint density at radius 1 is 0.938 bits per heavy atom. The van der Waals surface area contributed by atoms with E-state index in [1.165, 1.54) is 13.8 Å². The first-order valence-electron chi connectivity index (χ1n) is 5.09. The lowest BCUT2D eigenvalue weighted by atomic mass is 10.4. The molecule has 2 atom stereocenters. The second kappa shape index (κ2) is 7.78. The minimum absolute atomic E-state index is 0.287. The van der Waals surface area contributed by atoms with E-state index in [0.29, 0.717) is 13.1 Å². The van der Waals surface area contributed by atoms with Crippen molar-refractivity contribution in [2.45, 2.75) is 39.9 Å². The second-order valence-corrected chi connectivity index (χ2v) is 3.49. The Bertz CT molecular complexity index is 240. The van der Waals surface area contributed by atoms with Gasteiger partial charge in [-0.2, -0.15) is 10.2 Å². The van der Waals surface area contributed by atoms with Crippen LogP contribution in [-0.2, 0) is 19.1 Å². The molecule has 0 N–H and O–H groups in total. The van der Waals surface area contributed by atoms with Gasteiger partial charge in [-0.25, -0.2) is 0 Å². The number of carbonyl (C=O) groups excluding carboxylic acids is 2. The molecule has 0 aromatic rings. The number of esters is 2. The third-order valence-corrected chi connectivity index (χ3v) is 1.51. The largest absolute Gasteiger partial charge is 0.461 e. The zero-order valence-corrected chi connectivity index (χ0v) is 10.1. The van der Waals surface area contributed by atoms with Crippen molar-refractivity contribution in [2.75, 3.05) is 13.1 Å². The standard InChI is InChI=1S/C10H18N2O4/c1-7(15-9(3)13)5-11-12-6-8(2)16-10(4)14/h7-8H,5-6H2,1-4H3. The molecule has 0 saturated carbocycles. The van der Waals surface area contributed by atoms with Crippen LogP contribution in [0, 0.1) is 0 Å². The van der Waals surface area contributed by atoms with Crippen molar-refractivity contribution < 1.29 is 19.1 Å². The third kappa shape index (κ3) is 9.11. The summed E-state index contributed by atoms with van der Waals surface area (Å²) in [6.07, 6.45) is -0.574. The summed E-state index contributed by atoms with van der Waals surface area (Å²) in [6, 6.07) is 0. The fourth-order valence-electron chi connectivity index (χ4n) is 0.987. The molecule has 0 saturated heterocycles. The highest BCUT2D eigenvalue weighted by molar-refractivity contribution is 5.66. The lowest BCUT2D eigenvalue weighted by molar-refractivity contribution is -0.146. The normalized spacial score (nSPS) is 14.5. The molecule has 16 heavy (non-hydrogen) atoms. The topological polar surface area (TPSA) is 77.3 Å². The molecule has 0 rings (SSSR count). The maximum atomic E-state index is 10.6. The molecule has 0 fully saturated rings. The maximum absolute atomic E-state index is 10.6. The van der Waals surface area contributed by atoms with Crippen LogP contribution in [-0.4, -0.2) is 37.2 Å². The molecule has 6 nitrogen and oxygen atoms in total. The van der Waals surface area contributed by atoms with E-state index in [-0.39, 0.29) is 24.1 Å². The highest BCUT2D eigenvalue weighted by Crippen LogP contribution is 1.96. The van der Waals surface area contributed by atoms with E-state index in [9.17, 15) is 9.59 Å². The predicted octanol–water partition coefficient (Wildman–Crippen LogP) is 1.34. The monoisotopic (exact) mass is 230 g/mol. The number of rotatable bonds is 6. The molecule has 0 bridgehead atoms. The first kappa shape index (κ1) is 14.5. The second-order valence-electron chi connectivity index (χ2n) is 3.49. The number of hydrogen-bond acceptors (Lipinski definition) is 6. The fraction of sp³-hybridized carbons (Fsp3) is 0.800. The van der Waals surface area contributed by atoms with Gasteiger partial charge in [0.15, 0.2) is 0 Å². The molecule has 0 heterocycles. The minimum Gasteiger partial charge on any atom is -0.461 e. The Hall–Kier alpha value is -1.46. The lowest BCUT2D eigenvalue weighted by Crippen LogP contribution is -2.16. The number of hydrogen-bond donors (Lipinski definition) is 0. The van der Waals surface area contributed by atoms with E-state index in [1.807, 2.05) is 0 Å². The molecule has 0 aromatic heterocycles. The van der Waals surface area contributed by atoms with Gasteiger partial charge in [-0.05, 0) is 13.8 Å². The Morgan fingerprint density at radius 3 is 1.50 bits per heavy atom. The molecule has 0 radical (unpaired) electrons. The maximum Gasteiger partial charge on any atom is 0.302 e. The van der Waals surface area contributed by atoms with Crippen LogP contribution in [0.25, 0.3) is 0 Å². The van der Waals surface area contributed by atoms with Gasteiger partial charge in [0.1, 0.15) is 12.2 Å². The van der Waals surface area contributed by atoms with Crippen molar-refractivity contribution in [1.82, 2.24) is 0 Å². The summed E-state index contributed by atoms with van der Waals surface area (Å²) in [5, 5.41) is 7.66. The van der Waals surface area contributed by atoms with Crippen molar-refractivity contribution in [3.63, 3.8) is 0 Å². The first-order chi connectivity index (χ1) is 7.41. The van der Waals surface area contributed by atoms with Gasteiger partial charge in [0, 0.05) is 13.8 Å². The van der Waals surface area contributed by atoms with Crippen LogP contribution in [0.5, 0.6) is 0 Å². The molecular weight excluding hydrogens is 212 g/mol. The van der Waals surface area contributed by atoms with Gasteiger partial charge in [-0.15, -0.1) is 0 Å². The van der Waals surface area contributed by atoms with Gasteiger partial charge in [0.05, 0.1) is 13.1 Å². The van der Waals surface area contributed by atoms with Crippen molar-refractivity contribution in [3.8, 4) is 0 Å². The summed E-state index contributed by atoms with van der Waals surface area (Å²) in [5.41, 5.74) is 0.